The molecule has 0 aromatic heterocycles. The van der Waals surface area contributed by atoms with Crippen molar-refractivity contribution in [3.8, 4) is 0 Å². The second-order valence-corrected chi connectivity index (χ2v) is 7.02. The van der Waals surface area contributed by atoms with E-state index in [1.807, 2.05) is 20.8 Å². The van der Waals surface area contributed by atoms with Gasteiger partial charge in [-0.2, -0.15) is 0 Å². The normalized spacial score (nSPS) is 13.6. The number of aliphatic imine (C=N–C) groups is 1. The van der Waals surface area contributed by atoms with E-state index in [1.165, 1.54) is 12.1 Å². The Labute approximate surface area is 114 Å². The van der Waals surface area contributed by atoms with Gasteiger partial charge >= 0.3 is 0 Å². The van der Waals surface area contributed by atoms with E-state index in [2.05, 4.69) is 4.99 Å². The van der Waals surface area contributed by atoms with Crippen LogP contribution in [-0.2, 0) is 16.4 Å². The predicted molar refractivity (Wildman–Crippen MR) is 77.5 cm³/mol. The lowest BCUT2D eigenvalue weighted by atomic mass is 9.95. The summed E-state index contributed by atoms with van der Waals surface area (Å²) in [7, 11) is -3.62. The molecule has 0 aliphatic heterocycles. The first kappa shape index (κ1) is 15.7. The fourth-order valence-corrected chi connectivity index (χ4v) is 1.90. The van der Waals surface area contributed by atoms with E-state index in [9.17, 15) is 8.42 Å². The summed E-state index contributed by atoms with van der Waals surface area (Å²) in [6, 6.07) is 6.48. The first-order valence-corrected chi connectivity index (χ1v) is 7.57. The third kappa shape index (κ3) is 5.00. The molecule has 0 saturated heterocycles. The Morgan fingerprint density at radius 1 is 1.21 bits per heavy atom. The molecule has 1 rings (SSSR count). The Kier molecular flexibility index (Phi) is 4.70. The van der Waals surface area contributed by atoms with E-state index in [1.54, 1.807) is 12.1 Å². The SMILES string of the molecule is CC(C)(C)C(N)=NCCc1ccc(S(N)(=O)=O)cc1. The highest BCUT2D eigenvalue weighted by atomic mass is 32.2. The highest BCUT2D eigenvalue weighted by molar-refractivity contribution is 7.89. The molecule has 0 atom stereocenters. The lowest BCUT2D eigenvalue weighted by Gasteiger charge is -2.17. The van der Waals surface area contributed by atoms with Crippen LogP contribution in [0.3, 0.4) is 0 Å². The molecule has 0 radical (unpaired) electrons. The topological polar surface area (TPSA) is 98.5 Å². The van der Waals surface area contributed by atoms with Crippen LogP contribution in [0, 0.1) is 5.41 Å². The Morgan fingerprint density at radius 2 is 1.74 bits per heavy atom. The largest absolute Gasteiger partial charge is 0.387 e. The number of hydrogen-bond donors (Lipinski definition) is 2. The van der Waals surface area contributed by atoms with E-state index < -0.39 is 10.0 Å². The molecule has 0 fully saturated rings. The van der Waals surface area contributed by atoms with Gasteiger partial charge in [0.15, 0.2) is 0 Å². The van der Waals surface area contributed by atoms with Gasteiger partial charge in [-0.05, 0) is 24.1 Å². The van der Waals surface area contributed by atoms with Crippen molar-refractivity contribution in [2.75, 3.05) is 6.54 Å². The number of sulfonamides is 1. The van der Waals surface area contributed by atoms with E-state index in [-0.39, 0.29) is 10.3 Å². The maximum absolute atomic E-state index is 11.1. The van der Waals surface area contributed by atoms with Gasteiger partial charge in [-0.3, -0.25) is 4.99 Å². The molecular formula is C13H21N3O2S. The maximum atomic E-state index is 11.1. The van der Waals surface area contributed by atoms with Gasteiger partial charge in [-0.1, -0.05) is 32.9 Å². The molecule has 0 heterocycles. The molecule has 6 heteroatoms. The summed E-state index contributed by atoms with van der Waals surface area (Å²) in [4.78, 5) is 4.43. The van der Waals surface area contributed by atoms with Gasteiger partial charge < -0.3 is 5.73 Å². The summed E-state index contributed by atoms with van der Waals surface area (Å²) >= 11 is 0. The number of rotatable bonds is 4. The van der Waals surface area contributed by atoms with Gasteiger partial charge in [0.25, 0.3) is 0 Å². The van der Waals surface area contributed by atoms with Crippen molar-refractivity contribution in [1.82, 2.24) is 0 Å². The Balaban J connectivity index is 2.66. The molecule has 0 unspecified atom stereocenters. The Bertz CT molecular complexity index is 555. The lowest BCUT2D eigenvalue weighted by molar-refractivity contribution is 0.581. The third-order valence-electron chi connectivity index (χ3n) is 2.70. The summed E-state index contributed by atoms with van der Waals surface area (Å²) in [5, 5.41) is 5.03. The Morgan fingerprint density at radius 3 is 2.16 bits per heavy atom. The molecule has 0 amide bonds. The van der Waals surface area contributed by atoms with Crippen LogP contribution >= 0.6 is 0 Å². The number of primary sulfonamides is 1. The highest BCUT2D eigenvalue weighted by Gasteiger charge is 2.14. The van der Waals surface area contributed by atoms with Crippen molar-refractivity contribution in [3.63, 3.8) is 0 Å². The lowest BCUT2D eigenvalue weighted by Crippen LogP contribution is -2.29. The van der Waals surface area contributed by atoms with Gasteiger partial charge in [-0.25, -0.2) is 13.6 Å². The standard InChI is InChI=1S/C13H21N3O2S/c1-13(2,3)12(14)16-9-8-10-4-6-11(7-5-10)19(15,17)18/h4-7H,8-9H2,1-3H3,(H2,14,16)(H2,15,17,18). The molecule has 0 bridgehead atoms. The van der Waals surface area contributed by atoms with Crippen LogP contribution in [0.1, 0.15) is 26.3 Å². The van der Waals surface area contributed by atoms with Gasteiger partial charge in [0.2, 0.25) is 10.0 Å². The van der Waals surface area contributed by atoms with E-state index in [0.29, 0.717) is 18.8 Å². The van der Waals surface area contributed by atoms with E-state index in [0.717, 1.165) is 5.56 Å². The van der Waals surface area contributed by atoms with E-state index >= 15 is 0 Å². The number of nitrogens with zero attached hydrogens (tertiary/aromatic N) is 1. The molecule has 5 nitrogen and oxygen atoms in total. The van der Waals surface area contributed by atoms with Crippen LogP contribution in [0.15, 0.2) is 34.2 Å². The summed E-state index contributed by atoms with van der Waals surface area (Å²) < 4.78 is 22.2. The maximum Gasteiger partial charge on any atom is 0.238 e. The molecule has 1 aromatic carbocycles. The fraction of sp³-hybridized carbons (Fsp3) is 0.462. The van der Waals surface area contributed by atoms with Crippen LogP contribution in [0.5, 0.6) is 0 Å². The van der Waals surface area contributed by atoms with Crippen LogP contribution < -0.4 is 10.9 Å². The molecular weight excluding hydrogens is 262 g/mol. The van der Waals surface area contributed by atoms with Crippen molar-refractivity contribution in [2.24, 2.45) is 21.3 Å². The summed E-state index contributed by atoms with van der Waals surface area (Å²) in [6.07, 6.45) is 0.710. The molecule has 4 N–H and O–H groups in total. The minimum atomic E-state index is -3.62. The number of benzene rings is 1. The van der Waals surface area contributed by atoms with E-state index in [4.69, 9.17) is 10.9 Å². The molecule has 19 heavy (non-hydrogen) atoms. The molecule has 0 saturated carbocycles. The second-order valence-electron chi connectivity index (χ2n) is 5.46. The summed E-state index contributed by atoms with van der Waals surface area (Å²) in [5.74, 6) is 0.619. The second kappa shape index (κ2) is 5.71. The van der Waals surface area contributed by atoms with Crippen LogP contribution in [-0.4, -0.2) is 20.8 Å². The number of nitrogens with two attached hydrogens (primary N) is 2. The molecule has 0 aliphatic rings. The van der Waals surface area contributed by atoms with Crippen LogP contribution in [0.25, 0.3) is 0 Å². The molecule has 0 aliphatic carbocycles. The van der Waals surface area contributed by atoms with Gasteiger partial charge in [0.05, 0.1) is 10.7 Å². The number of hydrogen-bond acceptors (Lipinski definition) is 3. The van der Waals surface area contributed by atoms with Crippen molar-refractivity contribution in [1.29, 1.82) is 0 Å². The third-order valence-corrected chi connectivity index (χ3v) is 3.63. The quantitative estimate of drug-likeness (QED) is 0.643. The molecule has 106 valence electrons. The van der Waals surface area contributed by atoms with Gasteiger partial charge in [0, 0.05) is 12.0 Å². The zero-order valence-corrected chi connectivity index (χ0v) is 12.4. The minimum Gasteiger partial charge on any atom is -0.387 e. The van der Waals surface area contributed by atoms with Crippen molar-refractivity contribution in [2.45, 2.75) is 32.1 Å². The number of amidine groups is 1. The predicted octanol–water partition coefficient (Wildman–Crippen LogP) is 1.28. The zero-order valence-electron chi connectivity index (χ0n) is 11.6. The van der Waals surface area contributed by atoms with Gasteiger partial charge in [-0.15, -0.1) is 0 Å². The zero-order chi connectivity index (χ0) is 14.7. The molecule has 1 aromatic rings. The van der Waals surface area contributed by atoms with Crippen LogP contribution in [0.2, 0.25) is 0 Å². The Hall–Kier alpha value is -1.40. The minimum absolute atomic E-state index is 0.119. The summed E-state index contributed by atoms with van der Waals surface area (Å²) in [6.45, 7) is 6.60. The van der Waals surface area contributed by atoms with Crippen molar-refractivity contribution >= 4 is 15.9 Å². The summed E-state index contributed by atoms with van der Waals surface area (Å²) in [5.41, 5.74) is 6.72. The van der Waals surface area contributed by atoms with Gasteiger partial charge in [0.1, 0.15) is 0 Å². The highest BCUT2D eigenvalue weighted by Crippen LogP contribution is 2.13. The average molecular weight is 283 g/mol. The monoisotopic (exact) mass is 283 g/mol. The smallest absolute Gasteiger partial charge is 0.238 e. The van der Waals surface area contributed by atoms with Crippen molar-refractivity contribution < 1.29 is 8.42 Å². The molecule has 0 spiro atoms. The average Bonchev–Trinajstić information content (AvgIpc) is 2.27. The fourth-order valence-electron chi connectivity index (χ4n) is 1.39. The van der Waals surface area contributed by atoms with Crippen molar-refractivity contribution in [3.05, 3.63) is 29.8 Å². The first-order valence-electron chi connectivity index (χ1n) is 6.03. The van der Waals surface area contributed by atoms with Crippen LogP contribution in [0.4, 0.5) is 0 Å². The first-order chi connectivity index (χ1) is 8.60.